The van der Waals surface area contributed by atoms with Crippen LogP contribution in [-0.4, -0.2) is 5.43 Å². The molecule has 2 aliphatic carbocycles. The summed E-state index contributed by atoms with van der Waals surface area (Å²) in [6.45, 7) is 4.62. The Hall–Kier alpha value is -1.70. The summed E-state index contributed by atoms with van der Waals surface area (Å²) >= 11 is 1.74. The van der Waals surface area contributed by atoms with Crippen LogP contribution >= 0.6 is 0 Å². The van der Waals surface area contributed by atoms with E-state index in [1.54, 1.807) is 23.3 Å². The van der Waals surface area contributed by atoms with Crippen LogP contribution < -0.4 is 24.8 Å². The monoisotopic (exact) mass is 604 g/mol. The fourth-order valence-electron chi connectivity index (χ4n) is 4.38. The fourth-order valence-corrected chi connectivity index (χ4v) is 4.38. The van der Waals surface area contributed by atoms with Crippen LogP contribution in [0.1, 0.15) is 35.1 Å². The van der Waals surface area contributed by atoms with Crippen molar-refractivity contribution in [3.8, 4) is 22.3 Å². The van der Waals surface area contributed by atoms with Crippen molar-refractivity contribution in [2.75, 3.05) is 0 Å². The first-order valence-electron chi connectivity index (χ1n) is 12.1. The second-order valence-corrected chi connectivity index (χ2v) is 18.4. The molecule has 0 radical (unpaired) electrons. The average molecular weight is 607 g/mol. The Bertz CT molecular complexity index is 1180. The van der Waals surface area contributed by atoms with Gasteiger partial charge in [0, 0.05) is 0 Å². The molecular formula is C32H32Cl2SiZr-2. The number of hydrogen-bond donors (Lipinski definition) is 0. The van der Waals surface area contributed by atoms with E-state index in [0.29, 0.717) is 0 Å². The Labute approximate surface area is 244 Å². The zero-order valence-corrected chi connectivity index (χ0v) is 25.9. The van der Waals surface area contributed by atoms with E-state index in [4.69, 9.17) is 0 Å². The van der Waals surface area contributed by atoms with E-state index >= 15 is 0 Å². The first-order chi connectivity index (χ1) is 16.6. The van der Waals surface area contributed by atoms with Crippen LogP contribution in [0.25, 0.3) is 34.4 Å². The molecule has 0 saturated heterocycles. The first-order valence-corrected chi connectivity index (χ1v) is 18.3. The normalized spacial score (nSPS) is 12.3. The van der Waals surface area contributed by atoms with Crippen LogP contribution in [0.15, 0.2) is 97.1 Å². The van der Waals surface area contributed by atoms with Crippen molar-refractivity contribution in [1.29, 1.82) is 0 Å². The van der Waals surface area contributed by atoms with Crippen molar-refractivity contribution in [2.45, 2.75) is 38.8 Å². The maximum Gasteiger partial charge on any atom is -1.00 e. The van der Waals surface area contributed by atoms with Crippen molar-refractivity contribution < 1.29 is 48.1 Å². The predicted molar refractivity (Wildman–Crippen MR) is 147 cm³/mol. The first kappa shape index (κ1) is 30.5. The molecular weight excluding hydrogens is 575 g/mol. The summed E-state index contributed by atoms with van der Waals surface area (Å²) < 4.78 is 0. The van der Waals surface area contributed by atoms with Gasteiger partial charge in [0.15, 0.2) is 0 Å². The minimum absolute atomic E-state index is 0. The SMILES string of the molecule is C1=Cc2cc(-c3ccccc3)[cH-]c2CC1.C1=Cc2cc(-c3ccccc3)[cH-]c2CC1.C[Si](C)=[Zr+2].[Cl-].[Cl-]. The molecule has 0 unspecified atom stereocenters. The van der Waals surface area contributed by atoms with E-state index in [1.807, 2.05) is 0 Å². The summed E-state index contributed by atoms with van der Waals surface area (Å²) in [5, 5.41) is 0. The molecule has 6 rings (SSSR count). The summed E-state index contributed by atoms with van der Waals surface area (Å²) in [4.78, 5) is 0. The molecule has 0 fully saturated rings. The van der Waals surface area contributed by atoms with Gasteiger partial charge in [0.25, 0.3) is 0 Å². The van der Waals surface area contributed by atoms with Crippen LogP contribution in [-0.2, 0) is 36.2 Å². The van der Waals surface area contributed by atoms with Crippen LogP contribution in [0.4, 0.5) is 0 Å². The molecule has 36 heavy (non-hydrogen) atoms. The standard InChI is InChI=1S/2C15H13.C2H6Si.2ClH.Zr/c2*1-2-6-12(7-3-1)15-10-13-8-4-5-9-14(13)11-15;1-3-2;;;/h2*1-4,6-8,10-11H,5,9H2;1-2H3;2*1H;/q2*-1;;;;+2/p-2. The van der Waals surface area contributed by atoms with Crippen LogP contribution in [0.5, 0.6) is 0 Å². The minimum atomic E-state index is 0. The molecule has 0 N–H and O–H groups in total. The molecule has 0 heterocycles. The number of halogens is 2. The van der Waals surface area contributed by atoms with Gasteiger partial charge in [-0.1, -0.05) is 72.8 Å². The van der Waals surface area contributed by atoms with Gasteiger partial charge in [0.2, 0.25) is 0 Å². The number of hydrogen-bond acceptors (Lipinski definition) is 0. The molecule has 0 aromatic heterocycles. The third kappa shape index (κ3) is 8.70. The zero-order chi connectivity index (χ0) is 23.8. The Morgan fingerprint density at radius 2 is 1.00 bits per heavy atom. The molecule has 4 aromatic carbocycles. The van der Waals surface area contributed by atoms with Gasteiger partial charge in [-0.25, -0.2) is 0 Å². The van der Waals surface area contributed by atoms with Gasteiger partial charge in [-0.3, -0.25) is 0 Å². The van der Waals surface area contributed by atoms with Gasteiger partial charge in [-0.15, -0.1) is 68.8 Å². The van der Waals surface area contributed by atoms with Gasteiger partial charge in [-0.2, -0.15) is 12.1 Å². The molecule has 0 bridgehead atoms. The van der Waals surface area contributed by atoms with Gasteiger partial charge in [-0.05, 0) is 25.7 Å². The summed E-state index contributed by atoms with van der Waals surface area (Å²) in [6.07, 6.45) is 13.8. The van der Waals surface area contributed by atoms with E-state index in [2.05, 4.69) is 122 Å². The summed E-state index contributed by atoms with van der Waals surface area (Å²) in [5.41, 5.74) is 11.4. The molecule has 2 aliphatic rings. The molecule has 0 atom stereocenters. The van der Waals surface area contributed by atoms with Crippen LogP contribution in [0.2, 0.25) is 13.1 Å². The number of aryl methyl sites for hydroxylation is 2. The molecule has 4 aromatic rings. The number of benzene rings is 2. The molecule has 0 amide bonds. The van der Waals surface area contributed by atoms with Gasteiger partial charge in [0.1, 0.15) is 0 Å². The quantitative estimate of drug-likeness (QED) is 0.243. The van der Waals surface area contributed by atoms with E-state index in [1.165, 1.54) is 70.2 Å². The Morgan fingerprint density at radius 3 is 1.33 bits per heavy atom. The molecule has 184 valence electrons. The van der Waals surface area contributed by atoms with Gasteiger partial charge >= 0.3 is 41.9 Å². The molecule has 0 aliphatic heterocycles. The van der Waals surface area contributed by atoms with Crippen molar-refractivity contribution in [1.82, 2.24) is 0 Å². The number of rotatable bonds is 2. The smallest absolute Gasteiger partial charge is 1.00 e. The number of fused-ring (bicyclic) bond motifs is 2. The second-order valence-electron chi connectivity index (χ2n) is 9.06. The van der Waals surface area contributed by atoms with Crippen molar-refractivity contribution >= 4 is 17.6 Å². The molecule has 4 heteroatoms. The Kier molecular flexibility index (Phi) is 13.2. The number of allylic oxidation sites excluding steroid dienone is 2. The van der Waals surface area contributed by atoms with E-state index < -0.39 is 0 Å². The van der Waals surface area contributed by atoms with E-state index in [0.717, 1.165) is 0 Å². The zero-order valence-electron chi connectivity index (χ0n) is 21.0. The van der Waals surface area contributed by atoms with E-state index in [9.17, 15) is 0 Å². The summed E-state index contributed by atoms with van der Waals surface area (Å²) in [7, 11) is 0. The van der Waals surface area contributed by atoms with Crippen molar-refractivity contribution in [3.63, 3.8) is 0 Å². The van der Waals surface area contributed by atoms with E-state index in [-0.39, 0.29) is 30.2 Å². The third-order valence-electron chi connectivity index (χ3n) is 5.99. The second kappa shape index (κ2) is 15.5. The summed E-state index contributed by atoms with van der Waals surface area (Å²) in [5.74, 6) is 0. The van der Waals surface area contributed by atoms with Crippen LogP contribution in [0.3, 0.4) is 0 Å². The third-order valence-corrected chi connectivity index (χ3v) is 5.99. The Balaban J connectivity index is 0.000000211. The molecule has 0 spiro atoms. The maximum atomic E-state index is 2.33. The predicted octanol–water partition coefficient (Wildman–Crippen LogP) is 2.86. The van der Waals surface area contributed by atoms with Crippen molar-refractivity contribution in [2.24, 2.45) is 0 Å². The summed E-state index contributed by atoms with van der Waals surface area (Å²) in [6, 6.07) is 30.4. The van der Waals surface area contributed by atoms with Crippen LogP contribution in [0, 0.1) is 0 Å². The van der Waals surface area contributed by atoms with Gasteiger partial charge < -0.3 is 24.8 Å². The van der Waals surface area contributed by atoms with Crippen molar-refractivity contribution in [3.05, 3.63) is 119 Å². The van der Waals surface area contributed by atoms with Gasteiger partial charge in [0.05, 0.1) is 0 Å². The molecule has 0 saturated carbocycles. The topological polar surface area (TPSA) is 0 Å². The minimum Gasteiger partial charge on any atom is -1.00 e. The fraction of sp³-hybridized carbons (Fsp3) is 0.188. The molecule has 0 nitrogen and oxygen atoms in total. The largest absolute Gasteiger partial charge is 1.00 e. The average Bonchev–Trinajstić information content (AvgIpc) is 3.50. The Morgan fingerprint density at radius 1 is 0.639 bits per heavy atom. The maximum absolute atomic E-state index is 2.33.